The van der Waals surface area contributed by atoms with Crippen molar-refractivity contribution in [3.05, 3.63) is 59.9 Å². The van der Waals surface area contributed by atoms with Gasteiger partial charge in [-0.1, -0.05) is 43.7 Å². The molecule has 0 saturated carbocycles. The number of carbonyl (C=O) groups excluding carboxylic acids is 1. The number of aromatic nitrogens is 3. The molecule has 214 valence electrons. The Labute approximate surface area is 244 Å². The Kier molecular flexibility index (Phi) is 11.0. The Balaban J connectivity index is 0.00000441. The van der Waals surface area contributed by atoms with E-state index in [1.54, 1.807) is 23.1 Å². The Morgan fingerprint density at radius 1 is 1.15 bits per heavy atom. The number of rotatable bonds is 13. The van der Waals surface area contributed by atoms with Crippen molar-refractivity contribution in [1.82, 2.24) is 19.4 Å². The van der Waals surface area contributed by atoms with Gasteiger partial charge < -0.3 is 25.0 Å². The largest absolute Gasteiger partial charge is 0.479 e. The molecule has 0 aliphatic carbocycles. The zero-order valence-electron chi connectivity index (χ0n) is 22.7. The zero-order valence-corrected chi connectivity index (χ0v) is 24.2. The van der Waals surface area contributed by atoms with Gasteiger partial charge in [0, 0.05) is 31.4 Å². The minimum Gasteiger partial charge on any atom is -0.479 e. The van der Waals surface area contributed by atoms with Crippen LogP contribution in [0.1, 0.15) is 44.5 Å². The number of pyridine rings is 1. The fraction of sp³-hybridized carbons (Fsp3) is 0.379. The molecular formula is C29H35Cl2N5O4. The summed E-state index contributed by atoms with van der Waals surface area (Å²) in [5.41, 5.74) is 9.64. The van der Waals surface area contributed by atoms with Crippen molar-refractivity contribution in [2.75, 3.05) is 18.2 Å². The first-order valence-electron chi connectivity index (χ1n) is 13.2. The van der Waals surface area contributed by atoms with Crippen LogP contribution in [-0.4, -0.2) is 54.9 Å². The Bertz CT molecular complexity index is 1480. The van der Waals surface area contributed by atoms with E-state index >= 15 is 0 Å². The highest BCUT2D eigenvalue weighted by Crippen LogP contribution is 2.29. The van der Waals surface area contributed by atoms with Gasteiger partial charge in [-0.2, -0.15) is 0 Å². The minimum absolute atomic E-state index is 0. The molecule has 0 fully saturated rings. The molecule has 1 unspecified atom stereocenters. The number of anilines is 1. The van der Waals surface area contributed by atoms with Crippen LogP contribution in [-0.2, 0) is 29.1 Å². The Morgan fingerprint density at radius 2 is 1.93 bits per heavy atom. The summed E-state index contributed by atoms with van der Waals surface area (Å²) in [4.78, 5) is 35.0. The molecule has 0 saturated heterocycles. The number of aliphatic carboxylic acids is 1. The molecule has 0 aliphatic heterocycles. The second-order valence-electron chi connectivity index (χ2n) is 9.54. The summed E-state index contributed by atoms with van der Waals surface area (Å²) in [5.74, 6) is 0.457. The van der Waals surface area contributed by atoms with E-state index in [0.717, 1.165) is 47.1 Å². The fourth-order valence-electron chi connectivity index (χ4n) is 4.66. The average Bonchev–Trinajstić information content (AvgIpc) is 3.30. The number of nitrogens with zero attached hydrogens (tertiary/aromatic N) is 4. The maximum atomic E-state index is 12.7. The van der Waals surface area contributed by atoms with Crippen molar-refractivity contribution < 1.29 is 19.4 Å². The lowest BCUT2D eigenvalue weighted by Crippen LogP contribution is -2.33. The van der Waals surface area contributed by atoms with Crippen molar-refractivity contribution in [1.29, 1.82) is 0 Å². The van der Waals surface area contributed by atoms with Gasteiger partial charge in [0.05, 0.1) is 11.0 Å². The van der Waals surface area contributed by atoms with Crippen molar-refractivity contribution in [2.24, 2.45) is 0 Å². The summed E-state index contributed by atoms with van der Waals surface area (Å²) in [6, 6.07) is 15.0. The van der Waals surface area contributed by atoms with Crippen molar-refractivity contribution in [3.63, 3.8) is 0 Å². The van der Waals surface area contributed by atoms with Crippen LogP contribution in [0.4, 0.5) is 5.82 Å². The van der Waals surface area contributed by atoms with Gasteiger partial charge in [0.25, 0.3) is 0 Å². The SMILES string of the molecule is CCCCc1nc2c(N)nc3ccccc3c2n1CCCN(Cc1cccc(OC(C)C(=O)O)c1)C(=O)CCl.Cl. The van der Waals surface area contributed by atoms with E-state index in [9.17, 15) is 9.59 Å². The monoisotopic (exact) mass is 587 g/mol. The number of fused-ring (bicyclic) bond motifs is 3. The lowest BCUT2D eigenvalue weighted by Gasteiger charge is -2.23. The van der Waals surface area contributed by atoms with E-state index < -0.39 is 12.1 Å². The second-order valence-corrected chi connectivity index (χ2v) is 9.81. The molecule has 9 nitrogen and oxygen atoms in total. The molecule has 40 heavy (non-hydrogen) atoms. The topological polar surface area (TPSA) is 124 Å². The van der Waals surface area contributed by atoms with Gasteiger partial charge in [-0.25, -0.2) is 14.8 Å². The van der Waals surface area contributed by atoms with Crippen LogP contribution in [0, 0.1) is 0 Å². The summed E-state index contributed by atoms with van der Waals surface area (Å²) in [6.45, 7) is 5.08. The molecule has 1 amide bonds. The molecule has 4 aromatic rings. The highest BCUT2D eigenvalue weighted by atomic mass is 35.5. The molecule has 4 rings (SSSR count). The third kappa shape index (κ3) is 7.14. The molecule has 0 bridgehead atoms. The number of halogens is 2. The fourth-order valence-corrected chi connectivity index (χ4v) is 4.83. The van der Waals surface area contributed by atoms with Gasteiger partial charge in [-0.15, -0.1) is 24.0 Å². The second kappa shape index (κ2) is 14.2. The number of hydrogen-bond acceptors (Lipinski definition) is 6. The number of unbranched alkanes of at least 4 members (excludes halogenated alkanes) is 1. The molecule has 0 aliphatic rings. The van der Waals surface area contributed by atoms with E-state index in [4.69, 9.17) is 32.2 Å². The van der Waals surface area contributed by atoms with Crippen molar-refractivity contribution >= 4 is 63.6 Å². The molecular weight excluding hydrogens is 553 g/mol. The first-order valence-corrected chi connectivity index (χ1v) is 13.7. The third-order valence-corrected chi connectivity index (χ3v) is 6.88. The molecule has 2 aromatic heterocycles. The maximum Gasteiger partial charge on any atom is 0.344 e. The molecule has 2 heterocycles. The molecule has 1 atom stereocenters. The number of nitrogens with two attached hydrogens (primary N) is 1. The normalized spacial score (nSPS) is 11.8. The summed E-state index contributed by atoms with van der Waals surface area (Å²) >= 11 is 5.95. The first-order chi connectivity index (χ1) is 18.8. The van der Waals surface area contributed by atoms with Gasteiger partial charge in [0.2, 0.25) is 5.91 Å². The van der Waals surface area contributed by atoms with Crippen LogP contribution in [0.15, 0.2) is 48.5 Å². The Hall–Kier alpha value is -3.56. The van der Waals surface area contributed by atoms with Gasteiger partial charge in [0.15, 0.2) is 11.9 Å². The molecule has 0 spiro atoms. The summed E-state index contributed by atoms with van der Waals surface area (Å²) in [6.07, 6.45) is 2.57. The smallest absolute Gasteiger partial charge is 0.344 e. The first kappa shape index (κ1) is 31.0. The number of imidazole rings is 1. The molecule has 2 aromatic carbocycles. The van der Waals surface area contributed by atoms with Crippen LogP contribution < -0.4 is 10.5 Å². The van der Waals surface area contributed by atoms with Crippen molar-refractivity contribution in [3.8, 4) is 5.75 Å². The van der Waals surface area contributed by atoms with Crippen LogP contribution in [0.2, 0.25) is 0 Å². The maximum absolute atomic E-state index is 12.7. The number of aryl methyl sites for hydroxylation is 2. The number of amides is 1. The van der Waals surface area contributed by atoms with E-state index in [0.29, 0.717) is 43.1 Å². The highest BCUT2D eigenvalue weighted by Gasteiger charge is 2.19. The lowest BCUT2D eigenvalue weighted by molar-refractivity contribution is -0.144. The quantitative estimate of drug-likeness (QED) is 0.199. The standard InChI is InChI=1S/C29H34ClN5O4.ClH/c1-3-4-13-24-33-26-27(22-11-5-6-12-23(22)32-28(26)31)35(24)15-8-14-34(25(36)17-30)18-20-9-7-10-21(16-20)39-19(2)29(37)38;/h5-7,9-12,16,19H,3-4,8,13-15,17-18H2,1-2H3,(H2,31,32)(H,37,38);1H. The number of benzene rings is 2. The number of carbonyl (C=O) groups is 2. The third-order valence-electron chi connectivity index (χ3n) is 6.65. The van der Waals surface area contributed by atoms with Crippen LogP contribution >= 0.6 is 24.0 Å². The molecule has 11 heteroatoms. The summed E-state index contributed by atoms with van der Waals surface area (Å²) < 4.78 is 7.71. The predicted octanol–water partition coefficient (Wildman–Crippen LogP) is 5.44. The van der Waals surface area contributed by atoms with Gasteiger partial charge >= 0.3 is 5.97 Å². The number of carboxylic acids is 1. The number of hydrogen-bond donors (Lipinski definition) is 2. The van der Waals surface area contributed by atoms with E-state index in [1.165, 1.54) is 6.92 Å². The average molecular weight is 589 g/mol. The van der Waals surface area contributed by atoms with E-state index in [2.05, 4.69) is 16.5 Å². The van der Waals surface area contributed by atoms with Gasteiger partial charge in [-0.3, -0.25) is 4.79 Å². The number of para-hydroxylation sites is 1. The highest BCUT2D eigenvalue weighted by molar-refractivity contribution is 6.27. The van der Waals surface area contributed by atoms with E-state index in [-0.39, 0.29) is 24.2 Å². The Morgan fingerprint density at radius 3 is 2.65 bits per heavy atom. The number of nitrogen functional groups attached to an aromatic ring is 1. The van der Waals surface area contributed by atoms with Crippen LogP contribution in [0.5, 0.6) is 5.75 Å². The number of ether oxygens (including phenoxy) is 1. The van der Waals surface area contributed by atoms with Gasteiger partial charge in [-0.05, 0) is 43.5 Å². The molecule has 3 N–H and O–H groups in total. The zero-order chi connectivity index (χ0) is 27.9. The minimum atomic E-state index is -1.05. The summed E-state index contributed by atoms with van der Waals surface area (Å²) in [5, 5.41) is 10.1. The number of alkyl halides is 1. The van der Waals surface area contributed by atoms with Gasteiger partial charge in [0.1, 0.15) is 23.0 Å². The predicted molar refractivity (Wildman–Crippen MR) is 160 cm³/mol. The van der Waals surface area contributed by atoms with Crippen LogP contribution in [0.25, 0.3) is 21.9 Å². The van der Waals surface area contributed by atoms with Crippen molar-refractivity contribution in [2.45, 2.75) is 58.7 Å². The summed E-state index contributed by atoms with van der Waals surface area (Å²) in [7, 11) is 0. The van der Waals surface area contributed by atoms with Crippen LogP contribution in [0.3, 0.4) is 0 Å². The molecule has 0 radical (unpaired) electrons. The lowest BCUT2D eigenvalue weighted by atomic mass is 10.1. The van der Waals surface area contributed by atoms with E-state index in [1.807, 2.05) is 30.3 Å². The number of carboxylic acid groups (broad SMARTS) is 1.